The van der Waals surface area contributed by atoms with E-state index in [9.17, 15) is 0 Å². The van der Waals surface area contributed by atoms with Crippen LogP contribution in [0.15, 0.2) is 0 Å². The zero-order chi connectivity index (χ0) is 6.97. The summed E-state index contributed by atoms with van der Waals surface area (Å²) < 4.78 is 5.43. The average molecular weight is 142 g/mol. The number of nitrogens with one attached hydrogen (secondary N) is 1. The zero-order valence-electron chi connectivity index (χ0n) is 6.34. The van der Waals surface area contributed by atoms with E-state index >= 15 is 0 Å². The molecule has 2 saturated heterocycles. The third-order valence-corrected chi connectivity index (χ3v) is 2.53. The molecule has 0 saturated carbocycles. The molecule has 0 radical (unpaired) electrons. The van der Waals surface area contributed by atoms with Crippen molar-refractivity contribution in [1.29, 1.82) is 0 Å². The fourth-order valence-corrected chi connectivity index (χ4v) is 1.70. The van der Waals surface area contributed by atoms with Gasteiger partial charge in [0.15, 0.2) is 0 Å². The van der Waals surface area contributed by atoms with Crippen LogP contribution in [0.2, 0.25) is 0 Å². The molecule has 3 nitrogen and oxygen atoms in total. The van der Waals surface area contributed by atoms with Crippen LogP contribution in [0, 0.1) is 0 Å². The summed E-state index contributed by atoms with van der Waals surface area (Å²) in [5.41, 5.74) is 0. The third-order valence-electron chi connectivity index (χ3n) is 2.53. The van der Waals surface area contributed by atoms with Crippen molar-refractivity contribution in [3.63, 3.8) is 0 Å². The number of likely N-dealkylation sites (N-methyl/N-ethyl adjacent to an activating group) is 1. The predicted octanol–water partition coefficient (Wildman–Crippen LogP) is -0.711. The minimum absolute atomic E-state index is 0.618. The Labute approximate surface area is 61.3 Å². The highest BCUT2D eigenvalue weighted by Gasteiger charge is 2.31. The summed E-state index contributed by atoms with van der Waals surface area (Å²) in [6, 6.07) is 1.24. The molecule has 2 unspecified atom stereocenters. The summed E-state index contributed by atoms with van der Waals surface area (Å²) in [4.78, 5) is 2.43. The molecule has 10 heavy (non-hydrogen) atoms. The van der Waals surface area contributed by atoms with Crippen LogP contribution in [0.25, 0.3) is 0 Å². The van der Waals surface area contributed by atoms with E-state index in [4.69, 9.17) is 4.74 Å². The van der Waals surface area contributed by atoms with E-state index in [1.165, 1.54) is 0 Å². The Morgan fingerprint density at radius 1 is 1.30 bits per heavy atom. The van der Waals surface area contributed by atoms with Crippen molar-refractivity contribution in [3.05, 3.63) is 0 Å². The van der Waals surface area contributed by atoms with Crippen molar-refractivity contribution in [2.24, 2.45) is 0 Å². The van der Waals surface area contributed by atoms with E-state index in [2.05, 4.69) is 17.3 Å². The van der Waals surface area contributed by atoms with E-state index in [1.54, 1.807) is 0 Å². The van der Waals surface area contributed by atoms with Crippen LogP contribution in [-0.4, -0.2) is 50.3 Å². The SMILES string of the molecule is CN1C2CNCC1COC2. The molecule has 58 valence electrons. The smallest absolute Gasteiger partial charge is 0.0635 e. The number of hydrogen-bond donors (Lipinski definition) is 1. The molecule has 2 atom stereocenters. The number of hydrogen-bond acceptors (Lipinski definition) is 3. The van der Waals surface area contributed by atoms with Crippen molar-refractivity contribution in [3.8, 4) is 0 Å². The molecular weight excluding hydrogens is 128 g/mol. The van der Waals surface area contributed by atoms with Gasteiger partial charge < -0.3 is 10.1 Å². The number of morpholine rings is 1. The van der Waals surface area contributed by atoms with Gasteiger partial charge in [0.1, 0.15) is 0 Å². The number of ether oxygens (including phenoxy) is 1. The first-order valence-electron chi connectivity index (χ1n) is 3.88. The molecule has 2 aliphatic heterocycles. The van der Waals surface area contributed by atoms with Gasteiger partial charge in [0.2, 0.25) is 0 Å². The Hall–Kier alpha value is -0.120. The van der Waals surface area contributed by atoms with E-state index in [0.717, 1.165) is 26.3 Å². The van der Waals surface area contributed by atoms with Gasteiger partial charge in [-0.25, -0.2) is 0 Å². The second-order valence-corrected chi connectivity index (χ2v) is 3.17. The maximum Gasteiger partial charge on any atom is 0.0635 e. The summed E-state index contributed by atoms with van der Waals surface area (Å²) in [6.07, 6.45) is 0. The molecule has 2 rings (SSSR count). The number of rotatable bonds is 0. The lowest BCUT2D eigenvalue weighted by molar-refractivity contribution is -0.0511. The van der Waals surface area contributed by atoms with Gasteiger partial charge in [-0.2, -0.15) is 0 Å². The van der Waals surface area contributed by atoms with E-state index in [1.807, 2.05) is 0 Å². The van der Waals surface area contributed by atoms with Gasteiger partial charge in [-0.3, -0.25) is 4.90 Å². The van der Waals surface area contributed by atoms with E-state index in [-0.39, 0.29) is 0 Å². The maximum atomic E-state index is 5.43. The maximum absolute atomic E-state index is 5.43. The molecule has 0 amide bonds. The topological polar surface area (TPSA) is 24.5 Å². The average Bonchev–Trinajstić information content (AvgIpc) is 1.86. The molecule has 2 heterocycles. The Morgan fingerprint density at radius 2 is 1.90 bits per heavy atom. The van der Waals surface area contributed by atoms with E-state index in [0.29, 0.717) is 12.1 Å². The van der Waals surface area contributed by atoms with Crippen molar-refractivity contribution in [1.82, 2.24) is 10.2 Å². The fourth-order valence-electron chi connectivity index (χ4n) is 1.70. The summed E-state index contributed by atoms with van der Waals surface area (Å²) in [5, 5.41) is 3.40. The van der Waals surface area contributed by atoms with Crippen molar-refractivity contribution in [2.45, 2.75) is 12.1 Å². The largest absolute Gasteiger partial charge is 0.378 e. The quantitative estimate of drug-likeness (QED) is 0.483. The Kier molecular flexibility index (Phi) is 1.64. The predicted molar refractivity (Wildman–Crippen MR) is 39.0 cm³/mol. The van der Waals surface area contributed by atoms with Gasteiger partial charge in [-0.1, -0.05) is 0 Å². The molecule has 0 aliphatic carbocycles. The second kappa shape index (κ2) is 2.49. The molecule has 0 aromatic heterocycles. The summed E-state index contributed by atoms with van der Waals surface area (Å²) in [5.74, 6) is 0. The highest BCUT2D eigenvalue weighted by Crippen LogP contribution is 2.13. The third kappa shape index (κ3) is 0.944. The highest BCUT2D eigenvalue weighted by molar-refractivity contribution is 4.88. The molecular formula is C7H14N2O. The lowest BCUT2D eigenvalue weighted by atomic mass is 10.1. The van der Waals surface area contributed by atoms with Crippen LogP contribution >= 0.6 is 0 Å². The Balaban J connectivity index is 2.05. The van der Waals surface area contributed by atoms with Gasteiger partial charge in [0, 0.05) is 25.2 Å². The molecule has 0 aromatic rings. The first-order chi connectivity index (χ1) is 4.88. The fraction of sp³-hybridized carbons (Fsp3) is 1.00. The molecule has 3 heteroatoms. The normalized spacial score (nSPS) is 41.7. The lowest BCUT2D eigenvalue weighted by Crippen LogP contribution is -2.61. The number of piperazine rings is 1. The zero-order valence-corrected chi connectivity index (χ0v) is 6.34. The molecule has 1 N–H and O–H groups in total. The van der Waals surface area contributed by atoms with Gasteiger partial charge in [-0.15, -0.1) is 0 Å². The van der Waals surface area contributed by atoms with Crippen LogP contribution in [-0.2, 0) is 4.74 Å². The van der Waals surface area contributed by atoms with Crippen LogP contribution < -0.4 is 5.32 Å². The van der Waals surface area contributed by atoms with Crippen LogP contribution in [0.1, 0.15) is 0 Å². The Bertz CT molecular complexity index is 107. The van der Waals surface area contributed by atoms with Crippen LogP contribution in [0.4, 0.5) is 0 Å². The van der Waals surface area contributed by atoms with Crippen molar-refractivity contribution in [2.75, 3.05) is 33.4 Å². The molecule has 2 aliphatic rings. The Morgan fingerprint density at radius 3 is 2.40 bits per heavy atom. The van der Waals surface area contributed by atoms with Gasteiger partial charge >= 0.3 is 0 Å². The van der Waals surface area contributed by atoms with Gasteiger partial charge in [-0.05, 0) is 7.05 Å². The summed E-state index contributed by atoms with van der Waals surface area (Å²) in [6.45, 7) is 3.99. The molecule has 2 bridgehead atoms. The summed E-state index contributed by atoms with van der Waals surface area (Å²) in [7, 11) is 2.19. The second-order valence-electron chi connectivity index (χ2n) is 3.17. The molecule has 0 spiro atoms. The highest BCUT2D eigenvalue weighted by atomic mass is 16.5. The first-order valence-corrected chi connectivity index (χ1v) is 3.88. The van der Waals surface area contributed by atoms with Gasteiger partial charge in [0.05, 0.1) is 13.2 Å². The van der Waals surface area contributed by atoms with Gasteiger partial charge in [0.25, 0.3) is 0 Å². The molecule has 0 aromatic carbocycles. The standard InChI is InChI=1S/C7H14N2O/c1-9-6-2-8-3-7(9)5-10-4-6/h6-8H,2-5H2,1H3. The number of nitrogens with zero attached hydrogens (tertiary/aromatic N) is 1. The number of fused-ring (bicyclic) bond motifs is 2. The minimum atomic E-state index is 0.618. The van der Waals surface area contributed by atoms with Crippen molar-refractivity contribution < 1.29 is 4.74 Å². The molecule has 2 fully saturated rings. The van der Waals surface area contributed by atoms with E-state index < -0.39 is 0 Å². The monoisotopic (exact) mass is 142 g/mol. The van der Waals surface area contributed by atoms with Crippen molar-refractivity contribution >= 4 is 0 Å². The minimum Gasteiger partial charge on any atom is -0.378 e. The summed E-state index contributed by atoms with van der Waals surface area (Å²) >= 11 is 0. The lowest BCUT2D eigenvalue weighted by Gasteiger charge is -2.43. The van der Waals surface area contributed by atoms with Crippen LogP contribution in [0.5, 0.6) is 0 Å². The first kappa shape index (κ1) is 6.58. The van der Waals surface area contributed by atoms with Crippen LogP contribution in [0.3, 0.4) is 0 Å².